The van der Waals surface area contributed by atoms with Crippen molar-refractivity contribution in [1.29, 1.82) is 0 Å². The first-order valence-corrected chi connectivity index (χ1v) is 4.92. The minimum Gasteiger partial charge on any atom is -0.491 e. The minimum absolute atomic E-state index is 0.186. The highest BCUT2D eigenvalue weighted by Crippen LogP contribution is 2.18. The first kappa shape index (κ1) is 11.1. The van der Waals surface area contributed by atoms with E-state index in [0.29, 0.717) is 6.61 Å². The van der Waals surface area contributed by atoms with Crippen molar-refractivity contribution < 1.29 is 9.84 Å². The second-order valence-corrected chi connectivity index (χ2v) is 4.11. The van der Waals surface area contributed by atoms with Crippen LogP contribution in [0.5, 0.6) is 5.75 Å². The van der Waals surface area contributed by atoms with Gasteiger partial charge in [-0.25, -0.2) is 0 Å². The molecule has 0 aromatic heterocycles. The van der Waals surface area contributed by atoms with Crippen LogP contribution in [0.2, 0.25) is 0 Å². The Bertz CT molecular complexity index is 265. The SMILES string of the molecule is CC(C)C(C)(O)COc1ccccc1. The zero-order valence-electron chi connectivity index (χ0n) is 9.03. The van der Waals surface area contributed by atoms with Crippen LogP contribution in [0.4, 0.5) is 0 Å². The third-order valence-electron chi connectivity index (χ3n) is 2.52. The summed E-state index contributed by atoms with van der Waals surface area (Å²) in [6.45, 7) is 6.08. The number of benzene rings is 1. The van der Waals surface area contributed by atoms with E-state index in [1.54, 1.807) is 6.92 Å². The monoisotopic (exact) mass is 194 g/mol. The molecule has 1 aromatic carbocycles. The maximum Gasteiger partial charge on any atom is 0.119 e. The molecule has 0 spiro atoms. The molecule has 0 heterocycles. The molecule has 78 valence electrons. The largest absolute Gasteiger partial charge is 0.491 e. The van der Waals surface area contributed by atoms with E-state index in [1.165, 1.54) is 0 Å². The second-order valence-electron chi connectivity index (χ2n) is 4.11. The van der Waals surface area contributed by atoms with Gasteiger partial charge in [0, 0.05) is 0 Å². The summed E-state index contributed by atoms with van der Waals surface area (Å²) < 4.78 is 5.48. The van der Waals surface area contributed by atoms with Gasteiger partial charge in [0.25, 0.3) is 0 Å². The summed E-state index contributed by atoms with van der Waals surface area (Å²) in [7, 11) is 0. The van der Waals surface area contributed by atoms with E-state index in [1.807, 2.05) is 44.2 Å². The molecule has 0 bridgehead atoms. The molecule has 0 amide bonds. The van der Waals surface area contributed by atoms with Gasteiger partial charge in [-0.15, -0.1) is 0 Å². The Morgan fingerprint density at radius 2 is 1.86 bits per heavy atom. The molecular formula is C12H18O2. The van der Waals surface area contributed by atoms with Crippen molar-refractivity contribution in [3.05, 3.63) is 30.3 Å². The lowest BCUT2D eigenvalue weighted by Gasteiger charge is -2.27. The van der Waals surface area contributed by atoms with Crippen LogP contribution in [0.1, 0.15) is 20.8 Å². The topological polar surface area (TPSA) is 29.5 Å². The van der Waals surface area contributed by atoms with Gasteiger partial charge in [0.15, 0.2) is 0 Å². The van der Waals surface area contributed by atoms with Crippen molar-refractivity contribution in [2.75, 3.05) is 6.61 Å². The normalized spacial score (nSPS) is 15.2. The number of ether oxygens (including phenoxy) is 1. The van der Waals surface area contributed by atoms with Crippen LogP contribution in [-0.2, 0) is 0 Å². The molecule has 1 unspecified atom stereocenters. The van der Waals surface area contributed by atoms with Crippen LogP contribution in [-0.4, -0.2) is 17.3 Å². The molecule has 2 heteroatoms. The molecule has 0 saturated heterocycles. The Morgan fingerprint density at radius 1 is 1.29 bits per heavy atom. The maximum absolute atomic E-state index is 9.93. The van der Waals surface area contributed by atoms with Crippen molar-refractivity contribution in [1.82, 2.24) is 0 Å². The lowest BCUT2D eigenvalue weighted by Crippen LogP contribution is -2.37. The lowest BCUT2D eigenvalue weighted by atomic mass is 9.94. The molecule has 0 aliphatic carbocycles. The highest BCUT2D eigenvalue weighted by Gasteiger charge is 2.25. The van der Waals surface area contributed by atoms with Crippen molar-refractivity contribution in [3.8, 4) is 5.75 Å². The summed E-state index contributed by atoms with van der Waals surface area (Å²) in [6.07, 6.45) is 0. The Kier molecular flexibility index (Phi) is 3.53. The smallest absolute Gasteiger partial charge is 0.119 e. The zero-order chi connectivity index (χ0) is 10.6. The second kappa shape index (κ2) is 4.47. The van der Waals surface area contributed by atoms with E-state index in [4.69, 9.17) is 4.74 Å². The van der Waals surface area contributed by atoms with E-state index < -0.39 is 5.60 Å². The highest BCUT2D eigenvalue weighted by molar-refractivity contribution is 5.21. The third kappa shape index (κ3) is 3.04. The van der Waals surface area contributed by atoms with Crippen LogP contribution in [0.25, 0.3) is 0 Å². The van der Waals surface area contributed by atoms with Crippen LogP contribution in [0.15, 0.2) is 30.3 Å². The molecule has 1 atom stereocenters. The Labute approximate surface area is 85.5 Å². The highest BCUT2D eigenvalue weighted by atomic mass is 16.5. The van der Waals surface area contributed by atoms with E-state index in [9.17, 15) is 5.11 Å². The van der Waals surface area contributed by atoms with Gasteiger partial charge in [0.05, 0.1) is 5.60 Å². The van der Waals surface area contributed by atoms with Gasteiger partial charge in [-0.05, 0) is 25.0 Å². The van der Waals surface area contributed by atoms with Gasteiger partial charge in [-0.3, -0.25) is 0 Å². The average Bonchev–Trinajstić information content (AvgIpc) is 2.16. The van der Waals surface area contributed by atoms with E-state index >= 15 is 0 Å². The molecule has 1 aromatic rings. The van der Waals surface area contributed by atoms with Gasteiger partial charge in [-0.2, -0.15) is 0 Å². The lowest BCUT2D eigenvalue weighted by molar-refractivity contribution is -0.0266. The van der Waals surface area contributed by atoms with Crippen molar-refractivity contribution in [2.45, 2.75) is 26.4 Å². The molecule has 0 radical (unpaired) electrons. The molecule has 1 rings (SSSR count). The molecular weight excluding hydrogens is 176 g/mol. The van der Waals surface area contributed by atoms with Crippen molar-refractivity contribution >= 4 is 0 Å². The summed E-state index contributed by atoms with van der Waals surface area (Å²) >= 11 is 0. The van der Waals surface area contributed by atoms with E-state index in [2.05, 4.69) is 0 Å². The van der Waals surface area contributed by atoms with Gasteiger partial charge < -0.3 is 9.84 Å². The van der Waals surface area contributed by atoms with Crippen LogP contribution in [0, 0.1) is 5.92 Å². The fourth-order valence-corrected chi connectivity index (χ4v) is 0.913. The summed E-state index contributed by atoms with van der Waals surface area (Å²) in [6, 6.07) is 9.54. The Morgan fingerprint density at radius 3 is 2.36 bits per heavy atom. The molecule has 14 heavy (non-hydrogen) atoms. The molecule has 1 N–H and O–H groups in total. The number of aliphatic hydroxyl groups is 1. The molecule has 0 saturated carbocycles. The third-order valence-corrected chi connectivity index (χ3v) is 2.52. The summed E-state index contributed by atoms with van der Waals surface area (Å²) in [5.41, 5.74) is -0.768. The summed E-state index contributed by atoms with van der Waals surface area (Å²) in [5, 5.41) is 9.93. The quantitative estimate of drug-likeness (QED) is 0.797. The van der Waals surface area contributed by atoms with Gasteiger partial charge in [-0.1, -0.05) is 32.0 Å². The predicted molar refractivity (Wildman–Crippen MR) is 57.4 cm³/mol. The van der Waals surface area contributed by atoms with Gasteiger partial charge >= 0.3 is 0 Å². The van der Waals surface area contributed by atoms with Gasteiger partial charge in [0.1, 0.15) is 12.4 Å². The maximum atomic E-state index is 9.93. The molecule has 2 nitrogen and oxygen atoms in total. The van der Waals surface area contributed by atoms with Crippen LogP contribution >= 0.6 is 0 Å². The molecule has 0 aliphatic rings. The summed E-state index contributed by atoms with van der Waals surface area (Å²) in [4.78, 5) is 0. The number of hydrogen-bond donors (Lipinski definition) is 1. The average molecular weight is 194 g/mol. The van der Waals surface area contributed by atoms with E-state index in [0.717, 1.165) is 5.75 Å². The number of rotatable bonds is 4. The van der Waals surface area contributed by atoms with E-state index in [-0.39, 0.29) is 5.92 Å². The standard InChI is InChI=1S/C12H18O2/c1-10(2)12(3,13)9-14-11-7-5-4-6-8-11/h4-8,10,13H,9H2,1-3H3. The minimum atomic E-state index is -0.768. The number of para-hydroxylation sites is 1. The molecule has 0 fully saturated rings. The molecule has 0 aliphatic heterocycles. The summed E-state index contributed by atoms with van der Waals surface area (Å²) in [5.74, 6) is 0.986. The van der Waals surface area contributed by atoms with Crippen molar-refractivity contribution in [3.63, 3.8) is 0 Å². The van der Waals surface area contributed by atoms with Gasteiger partial charge in [0.2, 0.25) is 0 Å². The van der Waals surface area contributed by atoms with Crippen LogP contribution < -0.4 is 4.74 Å². The first-order valence-electron chi connectivity index (χ1n) is 4.92. The number of hydrogen-bond acceptors (Lipinski definition) is 2. The Hall–Kier alpha value is -1.02. The fraction of sp³-hybridized carbons (Fsp3) is 0.500. The van der Waals surface area contributed by atoms with Crippen molar-refractivity contribution in [2.24, 2.45) is 5.92 Å². The fourth-order valence-electron chi connectivity index (χ4n) is 0.913. The Balaban J connectivity index is 2.49. The predicted octanol–water partition coefficient (Wildman–Crippen LogP) is 2.47. The zero-order valence-corrected chi connectivity index (χ0v) is 9.03. The van der Waals surface area contributed by atoms with Crippen LogP contribution in [0.3, 0.4) is 0 Å². The first-order chi connectivity index (χ1) is 6.52.